The Bertz CT molecular complexity index is 376. The van der Waals surface area contributed by atoms with Crippen molar-refractivity contribution in [2.24, 2.45) is 5.41 Å². The number of thiazole rings is 1. The lowest BCUT2D eigenvalue weighted by atomic mass is 9.88. The largest absolute Gasteiger partial charge is 0.309 e. The van der Waals surface area contributed by atoms with E-state index in [4.69, 9.17) is 5.26 Å². The molecule has 0 amide bonds. The molecule has 1 aromatic heterocycles. The second-order valence-electron chi connectivity index (χ2n) is 4.84. The van der Waals surface area contributed by atoms with E-state index in [0.717, 1.165) is 18.7 Å². The van der Waals surface area contributed by atoms with Gasteiger partial charge in [-0.05, 0) is 34.1 Å². The Morgan fingerprint density at radius 2 is 2.31 bits per heavy atom. The zero-order valence-corrected chi connectivity index (χ0v) is 11.2. The van der Waals surface area contributed by atoms with Gasteiger partial charge in [-0.3, -0.25) is 0 Å². The van der Waals surface area contributed by atoms with Crippen molar-refractivity contribution in [1.29, 1.82) is 5.26 Å². The second-order valence-corrected chi connectivity index (χ2v) is 5.78. The number of hydrogen-bond donors (Lipinski definition) is 1. The molecule has 0 saturated carbocycles. The van der Waals surface area contributed by atoms with Gasteiger partial charge in [0.25, 0.3) is 0 Å². The number of nitrogens with zero attached hydrogens (tertiary/aromatic N) is 2. The lowest BCUT2D eigenvalue weighted by Crippen LogP contribution is -2.30. The Morgan fingerprint density at radius 3 is 2.81 bits per heavy atom. The lowest BCUT2D eigenvalue weighted by molar-refractivity contribution is 0.369. The molecule has 0 saturated heterocycles. The molecule has 3 nitrogen and oxygen atoms in total. The molecule has 0 bridgehead atoms. The molecule has 1 atom stereocenters. The number of hydrogen-bond acceptors (Lipinski definition) is 4. The minimum absolute atomic E-state index is 0.255. The van der Waals surface area contributed by atoms with Gasteiger partial charge in [-0.1, -0.05) is 0 Å². The summed E-state index contributed by atoms with van der Waals surface area (Å²) in [5, 5.41) is 12.4. The third kappa shape index (κ3) is 3.92. The van der Waals surface area contributed by atoms with Gasteiger partial charge in [-0.2, -0.15) is 5.26 Å². The molecule has 4 heteroatoms. The normalized spacial score (nSPS) is 13.4. The fourth-order valence-corrected chi connectivity index (χ4v) is 2.37. The van der Waals surface area contributed by atoms with Crippen LogP contribution in [0.25, 0.3) is 0 Å². The van der Waals surface area contributed by atoms with Crippen molar-refractivity contribution in [3.63, 3.8) is 0 Å². The van der Waals surface area contributed by atoms with Crippen LogP contribution in [0, 0.1) is 23.7 Å². The maximum Gasteiger partial charge on any atom is 0.0798 e. The van der Waals surface area contributed by atoms with Crippen molar-refractivity contribution in [2.45, 2.75) is 46.7 Å². The number of nitriles is 1. The van der Waals surface area contributed by atoms with Gasteiger partial charge >= 0.3 is 0 Å². The van der Waals surface area contributed by atoms with E-state index in [1.54, 1.807) is 11.3 Å². The molecule has 1 aromatic rings. The summed E-state index contributed by atoms with van der Waals surface area (Å²) in [6.45, 7) is 8.94. The van der Waals surface area contributed by atoms with Crippen molar-refractivity contribution in [2.75, 3.05) is 0 Å². The SMILES string of the molecule is Cc1ncsc1CNC(C)CC(C)(C)C#N. The topological polar surface area (TPSA) is 48.7 Å². The first-order valence-corrected chi connectivity index (χ1v) is 6.36. The third-order valence-electron chi connectivity index (χ3n) is 2.58. The van der Waals surface area contributed by atoms with Crippen LogP contribution in [0.2, 0.25) is 0 Å². The van der Waals surface area contributed by atoms with Crippen LogP contribution in [-0.4, -0.2) is 11.0 Å². The molecule has 0 radical (unpaired) electrons. The molecule has 0 aromatic carbocycles. The van der Waals surface area contributed by atoms with Crippen LogP contribution in [0.4, 0.5) is 0 Å². The molecule has 1 heterocycles. The Labute approximate surface area is 102 Å². The van der Waals surface area contributed by atoms with Gasteiger partial charge in [-0.15, -0.1) is 11.3 Å². The van der Waals surface area contributed by atoms with Crippen LogP contribution < -0.4 is 5.32 Å². The highest BCUT2D eigenvalue weighted by atomic mass is 32.1. The summed E-state index contributed by atoms with van der Waals surface area (Å²) in [6, 6.07) is 2.67. The van der Waals surface area contributed by atoms with Crippen molar-refractivity contribution in [1.82, 2.24) is 10.3 Å². The van der Waals surface area contributed by atoms with Crippen LogP contribution >= 0.6 is 11.3 Å². The van der Waals surface area contributed by atoms with Gasteiger partial charge in [0.05, 0.1) is 22.7 Å². The zero-order valence-electron chi connectivity index (χ0n) is 10.4. The van der Waals surface area contributed by atoms with E-state index in [-0.39, 0.29) is 5.41 Å². The van der Waals surface area contributed by atoms with Crippen molar-refractivity contribution >= 4 is 11.3 Å². The Morgan fingerprint density at radius 1 is 1.62 bits per heavy atom. The molecule has 1 rings (SSSR count). The summed E-state index contributed by atoms with van der Waals surface area (Å²) >= 11 is 1.68. The van der Waals surface area contributed by atoms with Crippen molar-refractivity contribution in [3.8, 4) is 6.07 Å². The van der Waals surface area contributed by atoms with Crippen molar-refractivity contribution in [3.05, 3.63) is 16.1 Å². The predicted octanol–water partition coefficient (Wildman–Crippen LogP) is 2.87. The molecule has 0 fully saturated rings. The average molecular weight is 237 g/mol. The van der Waals surface area contributed by atoms with Gasteiger partial charge in [0, 0.05) is 17.5 Å². The van der Waals surface area contributed by atoms with E-state index in [1.807, 2.05) is 26.3 Å². The second kappa shape index (κ2) is 5.42. The standard InChI is InChI=1S/C12H19N3S/c1-9(5-12(3,4)7-13)14-6-11-10(2)15-8-16-11/h8-9,14H,5-6H2,1-4H3. The molecule has 0 spiro atoms. The lowest BCUT2D eigenvalue weighted by Gasteiger charge is -2.21. The van der Waals surface area contributed by atoms with E-state index in [1.165, 1.54) is 4.88 Å². The summed E-state index contributed by atoms with van der Waals surface area (Å²) in [5.41, 5.74) is 2.72. The Hall–Kier alpha value is -0.920. The van der Waals surface area contributed by atoms with Gasteiger partial charge in [0.15, 0.2) is 0 Å². The van der Waals surface area contributed by atoms with Crippen LogP contribution in [0.1, 0.15) is 37.8 Å². The first-order valence-electron chi connectivity index (χ1n) is 5.48. The fraction of sp³-hybridized carbons (Fsp3) is 0.667. The molecule has 88 valence electrons. The molecule has 0 aliphatic carbocycles. The van der Waals surface area contributed by atoms with Crippen LogP contribution in [0.5, 0.6) is 0 Å². The highest BCUT2D eigenvalue weighted by Crippen LogP contribution is 2.21. The smallest absolute Gasteiger partial charge is 0.0798 e. The predicted molar refractivity (Wildman–Crippen MR) is 67.2 cm³/mol. The van der Waals surface area contributed by atoms with E-state index >= 15 is 0 Å². The van der Waals surface area contributed by atoms with Crippen LogP contribution in [0.3, 0.4) is 0 Å². The summed E-state index contributed by atoms with van der Waals surface area (Å²) in [6.07, 6.45) is 0.862. The molecule has 1 N–H and O–H groups in total. The van der Waals surface area contributed by atoms with Gasteiger partial charge in [-0.25, -0.2) is 4.98 Å². The molecule has 16 heavy (non-hydrogen) atoms. The Balaban J connectivity index is 2.40. The number of rotatable bonds is 5. The van der Waals surface area contributed by atoms with Crippen LogP contribution in [-0.2, 0) is 6.54 Å². The van der Waals surface area contributed by atoms with Gasteiger partial charge in [0.1, 0.15) is 0 Å². The average Bonchev–Trinajstić information content (AvgIpc) is 2.60. The highest BCUT2D eigenvalue weighted by Gasteiger charge is 2.20. The highest BCUT2D eigenvalue weighted by molar-refractivity contribution is 7.09. The maximum atomic E-state index is 8.95. The molecule has 1 unspecified atom stereocenters. The first kappa shape index (κ1) is 13.1. The fourth-order valence-electron chi connectivity index (χ4n) is 1.65. The van der Waals surface area contributed by atoms with E-state index in [2.05, 4.69) is 23.3 Å². The summed E-state index contributed by atoms with van der Waals surface area (Å²) in [5.74, 6) is 0. The molecular weight excluding hydrogens is 218 g/mol. The van der Waals surface area contributed by atoms with E-state index < -0.39 is 0 Å². The van der Waals surface area contributed by atoms with Gasteiger partial charge in [0.2, 0.25) is 0 Å². The zero-order chi connectivity index (χ0) is 12.2. The van der Waals surface area contributed by atoms with Gasteiger partial charge < -0.3 is 5.32 Å². The summed E-state index contributed by atoms with van der Waals surface area (Å²) in [4.78, 5) is 5.49. The van der Waals surface area contributed by atoms with Crippen LogP contribution in [0.15, 0.2) is 5.51 Å². The quantitative estimate of drug-likeness (QED) is 0.856. The number of aryl methyl sites for hydroxylation is 1. The van der Waals surface area contributed by atoms with E-state index in [0.29, 0.717) is 6.04 Å². The maximum absolute atomic E-state index is 8.95. The summed E-state index contributed by atoms with van der Waals surface area (Å²) in [7, 11) is 0. The first-order chi connectivity index (χ1) is 7.44. The molecular formula is C12H19N3S. The monoisotopic (exact) mass is 237 g/mol. The van der Waals surface area contributed by atoms with Crippen molar-refractivity contribution < 1.29 is 0 Å². The number of aromatic nitrogens is 1. The van der Waals surface area contributed by atoms with E-state index in [9.17, 15) is 0 Å². The minimum atomic E-state index is -0.255. The number of nitrogens with one attached hydrogen (secondary N) is 1. The minimum Gasteiger partial charge on any atom is -0.309 e. The molecule has 0 aliphatic rings. The third-order valence-corrected chi connectivity index (χ3v) is 3.51. The Kier molecular flexibility index (Phi) is 4.45. The molecule has 0 aliphatic heterocycles. The summed E-state index contributed by atoms with van der Waals surface area (Å²) < 4.78 is 0.